The number of hydrogen-bond acceptors (Lipinski definition) is 4. The quantitative estimate of drug-likeness (QED) is 0.918. The first-order valence-electron chi connectivity index (χ1n) is 7.59. The third-order valence-electron chi connectivity index (χ3n) is 4.20. The van der Waals surface area contributed by atoms with Crippen LogP contribution in [-0.2, 0) is 6.54 Å². The van der Waals surface area contributed by atoms with Gasteiger partial charge in [0.05, 0.1) is 11.8 Å². The van der Waals surface area contributed by atoms with Crippen LogP contribution in [0.5, 0.6) is 0 Å². The van der Waals surface area contributed by atoms with E-state index in [0.717, 1.165) is 30.1 Å². The highest BCUT2D eigenvalue weighted by molar-refractivity contribution is 7.10. The topological polar surface area (TPSA) is 36.4 Å². The molecule has 1 fully saturated rings. The van der Waals surface area contributed by atoms with E-state index in [4.69, 9.17) is 0 Å². The van der Waals surface area contributed by atoms with Crippen molar-refractivity contribution in [3.8, 4) is 0 Å². The molecule has 1 N–H and O–H groups in total. The number of likely N-dealkylation sites (tertiary alicyclic amines) is 1. The Kier molecular flexibility index (Phi) is 4.68. The fourth-order valence-corrected chi connectivity index (χ4v) is 3.75. The van der Waals surface area contributed by atoms with Crippen molar-refractivity contribution >= 4 is 11.3 Å². The number of pyridine rings is 1. The average molecular weight is 302 g/mol. The minimum absolute atomic E-state index is 0.332. The van der Waals surface area contributed by atoms with Gasteiger partial charge >= 0.3 is 0 Å². The summed E-state index contributed by atoms with van der Waals surface area (Å²) in [7, 11) is 0. The predicted molar refractivity (Wildman–Crippen MR) is 86.3 cm³/mol. The summed E-state index contributed by atoms with van der Waals surface area (Å²) in [6, 6.07) is 8.72. The van der Waals surface area contributed by atoms with Gasteiger partial charge in [-0.05, 0) is 55.8 Å². The van der Waals surface area contributed by atoms with Gasteiger partial charge in [-0.15, -0.1) is 11.3 Å². The molecule has 3 heterocycles. The second kappa shape index (κ2) is 6.69. The molecule has 0 saturated carbocycles. The molecular formula is C17H22N2OS. The average Bonchev–Trinajstić information content (AvgIpc) is 3.14. The van der Waals surface area contributed by atoms with Crippen molar-refractivity contribution in [2.75, 3.05) is 6.54 Å². The minimum Gasteiger partial charge on any atom is -0.388 e. The second-order valence-corrected chi connectivity index (χ2v) is 6.84. The molecule has 1 aliphatic rings. The van der Waals surface area contributed by atoms with Gasteiger partial charge in [-0.2, -0.15) is 0 Å². The van der Waals surface area contributed by atoms with Gasteiger partial charge in [-0.1, -0.05) is 12.1 Å². The molecule has 2 atom stereocenters. The zero-order valence-electron chi connectivity index (χ0n) is 12.4. The van der Waals surface area contributed by atoms with Crippen LogP contribution < -0.4 is 0 Å². The van der Waals surface area contributed by atoms with Crippen LogP contribution in [0.2, 0.25) is 0 Å². The van der Waals surface area contributed by atoms with E-state index in [0.29, 0.717) is 6.04 Å². The van der Waals surface area contributed by atoms with E-state index in [1.54, 1.807) is 11.3 Å². The molecule has 4 heteroatoms. The van der Waals surface area contributed by atoms with E-state index in [-0.39, 0.29) is 6.10 Å². The molecule has 0 aromatic carbocycles. The largest absolute Gasteiger partial charge is 0.388 e. The predicted octanol–water partition coefficient (Wildman–Crippen LogP) is 3.54. The summed E-state index contributed by atoms with van der Waals surface area (Å²) >= 11 is 1.64. The van der Waals surface area contributed by atoms with Gasteiger partial charge in [-0.25, -0.2) is 0 Å². The molecule has 112 valence electrons. The Morgan fingerprint density at radius 1 is 1.43 bits per heavy atom. The molecule has 0 amide bonds. The van der Waals surface area contributed by atoms with Gasteiger partial charge in [0, 0.05) is 23.7 Å². The fourth-order valence-electron chi connectivity index (χ4n) is 3.03. The molecule has 1 aliphatic heterocycles. The Balaban J connectivity index is 1.61. The molecule has 0 aliphatic carbocycles. The number of aryl methyl sites for hydroxylation is 1. The molecule has 21 heavy (non-hydrogen) atoms. The highest BCUT2D eigenvalue weighted by atomic mass is 32.1. The van der Waals surface area contributed by atoms with E-state index in [9.17, 15) is 5.11 Å². The Labute approximate surface area is 130 Å². The minimum atomic E-state index is -0.332. The summed E-state index contributed by atoms with van der Waals surface area (Å²) in [6.07, 6.45) is 4.82. The maximum atomic E-state index is 10.4. The van der Waals surface area contributed by atoms with Crippen molar-refractivity contribution in [1.82, 2.24) is 9.88 Å². The highest BCUT2D eigenvalue weighted by Crippen LogP contribution is 2.30. The number of rotatable bonds is 5. The standard InChI is InChI=1S/C17H22N2OS/c1-13-6-7-14(18-11-13)12-19-8-2-4-15(19)10-16(20)17-5-3-9-21-17/h3,5-7,9,11,15-16,20H,2,4,8,10,12H2,1H3. The van der Waals surface area contributed by atoms with Crippen molar-refractivity contribution in [2.24, 2.45) is 0 Å². The number of thiophene rings is 1. The Hall–Kier alpha value is -1.23. The molecule has 1 saturated heterocycles. The number of aliphatic hydroxyl groups is 1. The first kappa shape index (κ1) is 14.7. The van der Waals surface area contributed by atoms with E-state index < -0.39 is 0 Å². The van der Waals surface area contributed by atoms with Crippen LogP contribution in [0.4, 0.5) is 0 Å². The van der Waals surface area contributed by atoms with Gasteiger partial charge in [0.1, 0.15) is 0 Å². The maximum absolute atomic E-state index is 10.4. The summed E-state index contributed by atoms with van der Waals surface area (Å²) < 4.78 is 0. The van der Waals surface area contributed by atoms with Gasteiger partial charge in [0.15, 0.2) is 0 Å². The molecular weight excluding hydrogens is 280 g/mol. The Morgan fingerprint density at radius 2 is 2.33 bits per heavy atom. The lowest BCUT2D eigenvalue weighted by molar-refractivity contribution is 0.120. The van der Waals surface area contributed by atoms with Crippen molar-refractivity contribution in [1.29, 1.82) is 0 Å². The van der Waals surface area contributed by atoms with Crippen LogP contribution in [0.1, 0.15) is 41.5 Å². The van der Waals surface area contributed by atoms with Crippen molar-refractivity contribution in [3.05, 3.63) is 52.0 Å². The smallest absolute Gasteiger partial charge is 0.0896 e. The van der Waals surface area contributed by atoms with Crippen molar-refractivity contribution < 1.29 is 5.11 Å². The van der Waals surface area contributed by atoms with Gasteiger partial charge in [0.2, 0.25) is 0 Å². The lowest BCUT2D eigenvalue weighted by Crippen LogP contribution is -2.30. The van der Waals surface area contributed by atoms with E-state index in [1.165, 1.54) is 18.4 Å². The first-order valence-corrected chi connectivity index (χ1v) is 8.47. The molecule has 2 unspecified atom stereocenters. The van der Waals surface area contributed by atoms with Crippen LogP contribution in [-0.4, -0.2) is 27.6 Å². The fraction of sp³-hybridized carbons (Fsp3) is 0.471. The Morgan fingerprint density at radius 3 is 3.05 bits per heavy atom. The first-order chi connectivity index (χ1) is 10.2. The molecule has 0 bridgehead atoms. The normalized spacial score (nSPS) is 20.8. The number of aromatic nitrogens is 1. The van der Waals surface area contributed by atoms with E-state index in [2.05, 4.69) is 28.9 Å². The lowest BCUT2D eigenvalue weighted by Gasteiger charge is -2.25. The molecule has 2 aromatic heterocycles. The highest BCUT2D eigenvalue weighted by Gasteiger charge is 2.27. The molecule has 3 nitrogen and oxygen atoms in total. The molecule has 0 spiro atoms. The van der Waals surface area contributed by atoms with E-state index >= 15 is 0 Å². The monoisotopic (exact) mass is 302 g/mol. The SMILES string of the molecule is Cc1ccc(CN2CCCC2CC(O)c2cccs2)nc1. The zero-order valence-corrected chi connectivity index (χ0v) is 13.2. The lowest BCUT2D eigenvalue weighted by atomic mass is 10.1. The number of nitrogens with zero attached hydrogens (tertiary/aromatic N) is 2. The molecule has 2 aromatic rings. The second-order valence-electron chi connectivity index (χ2n) is 5.86. The van der Waals surface area contributed by atoms with Gasteiger partial charge < -0.3 is 5.11 Å². The van der Waals surface area contributed by atoms with E-state index in [1.807, 2.05) is 23.7 Å². The van der Waals surface area contributed by atoms with Crippen LogP contribution in [0, 0.1) is 6.92 Å². The Bertz CT molecular complexity index is 553. The zero-order chi connectivity index (χ0) is 14.7. The summed E-state index contributed by atoms with van der Waals surface area (Å²) in [5.41, 5.74) is 2.32. The van der Waals surface area contributed by atoms with Gasteiger partial charge in [-0.3, -0.25) is 9.88 Å². The summed E-state index contributed by atoms with van der Waals surface area (Å²) in [5.74, 6) is 0. The van der Waals surface area contributed by atoms with Crippen molar-refractivity contribution in [2.45, 2.75) is 44.9 Å². The molecule has 3 rings (SSSR count). The molecule has 0 radical (unpaired) electrons. The van der Waals surface area contributed by atoms with Crippen LogP contribution in [0.25, 0.3) is 0 Å². The third-order valence-corrected chi connectivity index (χ3v) is 5.18. The van der Waals surface area contributed by atoms with Gasteiger partial charge in [0.25, 0.3) is 0 Å². The van der Waals surface area contributed by atoms with Crippen LogP contribution in [0.15, 0.2) is 35.8 Å². The summed E-state index contributed by atoms with van der Waals surface area (Å²) in [6.45, 7) is 4.06. The van der Waals surface area contributed by atoms with Crippen molar-refractivity contribution in [3.63, 3.8) is 0 Å². The number of hydrogen-bond donors (Lipinski definition) is 1. The summed E-state index contributed by atoms with van der Waals surface area (Å²) in [4.78, 5) is 8.05. The van der Waals surface area contributed by atoms with Crippen LogP contribution >= 0.6 is 11.3 Å². The third kappa shape index (κ3) is 3.70. The summed E-state index contributed by atoms with van der Waals surface area (Å²) in [5, 5.41) is 12.4. The number of aliphatic hydroxyl groups excluding tert-OH is 1. The van der Waals surface area contributed by atoms with Crippen LogP contribution in [0.3, 0.4) is 0 Å². The maximum Gasteiger partial charge on any atom is 0.0896 e.